The topological polar surface area (TPSA) is 190 Å². The summed E-state index contributed by atoms with van der Waals surface area (Å²) in [6.45, 7) is -1.34. The van der Waals surface area contributed by atoms with Gasteiger partial charge in [-0.05, 0) is 19.3 Å². The Morgan fingerprint density at radius 1 is 0.774 bits per heavy atom. The quantitative estimate of drug-likeness (QED) is 0.0963. The smallest absolute Gasteiger partial charge is 0.329 e. The van der Waals surface area contributed by atoms with Crippen LogP contribution in [-0.2, 0) is 38.1 Å². The number of esters is 1. The summed E-state index contributed by atoms with van der Waals surface area (Å²) in [5, 5.41) is 30.8. The summed E-state index contributed by atoms with van der Waals surface area (Å²) in [5.74, 6) is -2.76. The highest BCUT2D eigenvalue weighted by Gasteiger charge is 2.22. The first-order valence-corrected chi connectivity index (χ1v) is 9.80. The Kier molecular flexibility index (Phi) is 18.2. The predicted molar refractivity (Wildman–Crippen MR) is 104 cm³/mol. The molecule has 31 heavy (non-hydrogen) atoms. The summed E-state index contributed by atoms with van der Waals surface area (Å²) < 4.78 is 19.6. The van der Waals surface area contributed by atoms with E-state index in [2.05, 4.69) is 10.6 Å². The van der Waals surface area contributed by atoms with Crippen LogP contribution < -0.4 is 10.6 Å². The Morgan fingerprint density at radius 2 is 1.39 bits per heavy atom. The lowest BCUT2D eigenvalue weighted by molar-refractivity contribution is -0.151. The first-order chi connectivity index (χ1) is 14.9. The van der Waals surface area contributed by atoms with Crippen molar-refractivity contribution in [2.75, 3.05) is 66.0 Å². The monoisotopic (exact) mass is 452 g/mol. The van der Waals surface area contributed by atoms with Crippen LogP contribution in [0.3, 0.4) is 0 Å². The lowest BCUT2D eigenvalue weighted by Crippen LogP contribution is -2.44. The lowest BCUT2D eigenvalue weighted by atomic mass is 10.1. The van der Waals surface area contributed by atoms with Crippen LogP contribution in [0.15, 0.2) is 0 Å². The van der Waals surface area contributed by atoms with Gasteiger partial charge < -0.3 is 44.9 Å². The number of carbonyl (C=O) groups excluding carboxylic acids is 3. The zero-order valence-corrected chi connectivity index (χ0v) is 17.4. The molecule has 2 amide bonds. The van der Waals surface area contributed by atoms with Gasteiger partial charge >= 0.3 is 11.9 Å². The number of aliphatic carboxylic acids is 1. The summed E-state index contributed by atoms with van der Waals surface area (Å²) in [7, 11) is 0. The predicted octanol–water partition coefficient (Wildman–Crippen LogP) is -2.58. The minimum atomic E-state index is -1.15. The summed E-state index contributed by atoms with van der Waals surface area (Å²) in [5.41, 5.74) is 0. The molecule has 0 rings (SSSR count). The van der Waals surface area contributed by atoms with Crippen molar-refractivity contribution in [2.45, 2.75) is 25.3 Å². The van der Waals surface area contributed by atoms with E-state index in [1.807, 2.05) is 0 Å². The van der Waals surface area contributed by atoms with Crippen LogP contribution in [0.2, 0.25) is 0 Å². The number of ether oxygens (including phenoxy) is 4. The first kappa shape index (κ1) is 28.7. The molecule has 0 aliphatic heterocycles. The number of rotatable bonds is 20. The molecule has 0 saturated carbocycles. The number of carbonyl (C=O) groups is 4. The summed E-state index contributed by atoms with van der Waals surface area (Å²) in [6.07, 6.45) is 1.23. The first-order valence-electron chi connectivity index (χ1n) is 9.80. The molecule has 0 aromatic carbocycles. The van der Waals surface area contributed by atoms with Gasteiger partial charge in [-0.25, -0.2) is 9.59 Å². The number of carboxylic acids is 1. The Balaban J connectivity index is 4.33. The number of carboxylic acid groups (broad SMARTS) is 1. The summed E-state index contributed by atoms with van der Waals surface area (Å²) in [4.78, 5) is 46.0. The maximum Gasteiger partial charge on any atom is 0.329 e. The fourth-order valence-electron chi connectivity index (χ4n) is 2.16. The molecule has 0 aliphatic rings. The third-order valence-electron chi connectivity index (χ3n) is 3.50. The van der Waals surface area contributed by atoms with Crippen LogP contribution in [0.4, 0.5) is 0 Å². The zero-order valence-electron chi connectivity index (χ0n) is 17.4. The Labute approximate surface area is 180 Å². The zero-order chi connectivity index (χ0) is 23.3. The van der Waals surface area contributed by atoms with Crippen molar-refractivity contribution >= 4 is 23.8 Å². The van der Waals surface area contributed by atoms with Crippen LogP contribution in [0, 0.1) is 0 Å². The second kappa shape index (κ2) is 19.6. The third-order valence-corrected chi connectivity index (χ3v) is 3.50. The van der Waals surface area contributed by atoms with Crippen molar-refractivity contribution in [3.05, 3.63) is 0 Å². The molecular weight excluding hydrogens is 420 g/mol. The molecule has 0 fully saturated rings. The van der Waals surface area contributed by atoms with Gasteiger partial charge in [0.2, 0.25) is 11.8 Å². The Morgan fingerprint density at radius 3 is 2.00 bits per heavy atom. The van der Waals surface area contributed by atoms with Crippen LogP contribution in [0.25, 0.3) is 0 Å². The van der Waals surface area contributed by atoms with E-state index in [9.17, 15) is 19.2 Å². The molecule has 0 saturated heterocycles. The molecular formula is C18H32N2O11. The van der Waals surface area contributed by atoms with Gasteiger partial charge in [0.05, 0.1) is 33.0 Å². The van der Waals surface area contributed by atoms with Gasteiger partial charge in [-0.3, -0.25) is 9.59 Å². The number of hydrogen-bond acceptors (Lipinski definition) is 10. The van der Waals surface area contributed by atoms with Gasteiger partial charge in [0.25, 0.3) is 0 Å². The van der Waals surface area contributed by atoms with Crippen LogP contribution in [0.5, 0.6) is 0 Å². The maximum absolute atomic E-state index is 12.2. The molecule has 0 radical (unpaired) electrons. The van der Waals surface area contributed by atoms with Crippen LogP contribution >= 0.6 is 0 Å². The average Bonchev–Trinajstić information content (AvgIpc) is 2.72. The molecule has 13 nitrogen and oxygen atoms in total. The molecule has 0 bridgehead atoms. The second-order valence-corrected chi connectivity index (χ2v) is 6.13. The van der Waals surface area contributed by atoms with Crippen molar-refractivity contribution in [1.82, 2.24) is 10.6 Å². The second-order valence-electron chi connectivity index (χ2n) is 6.13. The molecule has 0 heterocycles. The van der Waals surface area contributed by atoms with Crippen molar-refractivity contribution in [2.24, 2.45) is 0 Å². The fourth-order valence-corrected chi connectivity index (χ4v) is 2.16. The van der Waals surface area contributed by atoms with Crippen molar-refractivity contribution in [3.8, 4) is 0 Å². The minimum Gasteiger partial charge on any atom is -0.480 e. The summed E-state index contributed by atoms with van der Waals surface area (Å²) in [6, 6.07) is -0.965. The third kappa shape index (κ3) is 18.2. The van der Waals surface area contributed by atoms with E-state index in [0.29, 0.717) is 19.4 Å². The van der Waals surface area contributed by atoms with Gasteiger partial charge in [0.15, 0.2) is 0 Å². The Hall–Kier alpha value is -2.32. The molecule has 0 spiro atoms. The van der Waals surface area contributed by atoms with E-state index in [1.165, 1.54) is 0 Å². The highest BCUT2D eigenvalue weighted by molar-refractivity contribution is 5.85. The van der Waals surface area contributed by atoms with E-state index < -0.39 is 30.5 Å². The molecule has 5 N–H and O–H groups in total. The largest absolute Gasteiger partial charge is 0.480 e. The fraction of sp³-hybridized carbons (Fsp3) is 0.778. The number of amides is 2. The van der Waals surface area contributed by atoms with Gasteiger partial charge in [-0.2, -0.15) is 0 Å². The summed E-state index contributed by atoms with van der Waals surface area (Å²) >= 11 is 0. The van der Waals surface area contributed by atoms with E-state index >= 15 is 0 Å². The Bertz CT molecular complexity index is 531. The molecule has 0 unspecified atom stereocenters. The number of hydrogen-bond donors (Lipinski definition) is 5. The van der Waals surface area contributed by atoms with E-state index in [0.717, 1.165) is 0 Å². The molecule has 0 aromatic heterocycles. The number of aliphatic hydroxyl groups is 2. The number of unbranched alkanes of at least 4 members (excludes halogenated alkanes) is 1. The minimum absolute atomic E-state index is 0.0227. The van der Waals surface area contributed by atoms with E-state index in [4.69, 9.17) is 34.3 Å². The van der Waals surface area contributed by atoms with Crippen molar-refractivity contribution < 1.29 is 53.4 Å². The molecule has 0 aliphatic carbocycles. The normalized spacial score (nSPS) is 11.5. The van der Waals surface area contributed by atoms with Crippen LogP contribution in [0.1, 0.15) is 19.3 Å². The molecule has 180 valence electrons. The highest BCUT2D eigenvalue weighted by Crippen LogP contribution is 2.04. The SMILES string of the molecule is O=C(O)COCCOC(=O)[C@@H](CCCCNC(=O)COCCO)NC(=O)COCCO. The van der Waals surface area contributed by atoms with Gasteiger partial charge in [-0.1, -0.05) is 0 Å². The molecule has 13 heteroatoms. The van der Waals surface area contributed by atoms with Gasteiger partial charge in [-0.15, -0.1) is 0 Å². The van der Waals surface area contributed by atoms with Crippen molar-refractivity contribution in [1.29, 1.82) is 0 Å². The van der Waals surface area contributed by atoms with E-state index in [-0.39, 0.29) is 65.2 Å². The standard InChI is InChI=1S/C18H32N2O11/c21-5-7-28-11-15(23)19-4-2-1-3-14(20-16(24)12-29-8-6-22)18(27)31-10-9-30-13-17(25)26/h14,21-22H,1-13H2,(H,19,23)(H,20,24)(H,25,26)/t14-/m1/s1. The molecule has 0 aromatic rings. The number of aliphatic hydroxyl groups excluding tert-OH is 2. The maximum atomic E-state index is 12.2. The lowest BCUT2D eigenvalue weighted by Gasteiger charge is -2.18. The van der Waals surface area contributed by atoms with E-state index in [1.54, 1.807) is 0 Å². The van der Waals surface area contributed by atoms with Gasteiger partial charge in [0.1, 0.15) is 32.5 Å². The van der Waals surface area contributed by atoms with Crippen LogP contribution in [-0.4, -0.2) is 111 Å². The van der Waals surface area contributed by atoms with Gasteiger partial charge in [0, 0.05) is 6.54 Å². The molecule has 1 atom stereocenters. The highest BCUT2D eigenvalue weighted by atomic mass is 16.6. The number of nitrogens with one attached hydrogen (secondary N) is 2. The average molecular weight is 452 g/mol. The van der Waals surface area contributed by atoms with Crippen molar-refractivity contribution in [3.63, 3.8) is 0 Å².